The van der Waals surface area contributed by atoms with Gasteiger partial charge in [0.2, 0.25) is 0 Å². The Morgan fingerprint density at radius 3 is 2.04 bits per heavy atom. The summed E-state index contributed by atoms with van der Waals surface area (Å²) in [5.41, 5.74) is 4.89. The Morgan fingerprint density at radius 2 is 1.52 bits per heavy atom. The third-order valence-corrected chi connectivity index (χ3v) is 4.23. The number of hydrogen-bond donors (Lipinski definition) is 2. The zero-order valence-corrected chi connectivity index (χ0v) is 15.8. The highest BCUT2D eigenvalue weighted by atomic mass is 16.2. The van der Waals surface area contributed by atoms with Gasteiger partial charge in [0.25, 0.3) is 0 Å². The van der Waals surface area contributed by atoms with Crippen molar-refractivity contribution in [3.05, 3.63) is 48.0 Å². The summed E-state index contributed by atoms with van der Waals surface area (Å²) in [6.45, 7) is 8.22. The minimum absolute atomic E-state index is 0.240. The Balaban J connectivity index is 2.02. The Bertz CT molecular complexity index is 706. The lowest BCUT2D eigenvalue weighted by Crippen LogP contribution is -2.22. The zero-order valence-electron chi connectivity index (χ0n) is 15.8. The second kappa shape index (κ2) is 8.42. The minimum Gasteiger partial charge on any atom is -0.378 e. The van der Waals surface area contributed by atoms with E-state index in [9.17, 15) is 4.79 Å². The molecule has 0 heterocycles. The largest absolute Gasteiger partial charge is 0.378 e. The molecule has 0 unspecified atom stereocenters. The van der Waals surface area contributed by atoms with E-state index in [1.807, 2.05) is 62.3 Å². The van der Waals surface area contributed by atoms with Crippen LogP contribution >= 0.6 is 0 Å². The molecular formula is C20H28N4O. The van der Waals surface area contributed by atoms with Crippen molar-refractivity contribution in [2.45, 2.75) is 20.8 Å². The second-order valence-electron chi connectivity index (χ2n) is 6.19. The molecule has 0 aromatic heterocycles. The standard InChI is InChI=1S/C20H28N4O/c1-6-24(7-2)18-12-13-19(15(3)14-18)22-20(25)21-16-8-10-17(11-9-16)23(4)5/h8-14H,6-7H2,1-5H3,(H2,21,22,25). The van der Waals surface area contributed by atoms with Gasteiger partial charge in [-0.2, -0.15) is 0 Å². The number of benzene rings is 2. The topological polar surface area (TPSA) is 47.6 Å². The molecule has 2 amide bonds. The summed E-state index contributed by atoms with van der Waals surface area (Å²) in [7, 11) is 3.97. The van der Waals surface area contributed by atoms with Crippen molar-refractivity contribution in [2.75, 3.05) is 47.6 Å². The molecule has 5 nitrogen and oxygen atoms in total. The van der Waals surface area contributed by atoms with Crippen LogP contribution in [0.2, 0.25) is 0 Å². The molecule has 134 valence electrons. The molecule has 0 aliphatic carbocycles. The first-order valence-corrected chi connectivity index (χ1v) is 8.65. The van der Waals surface area contributed by atoms with E-state index in [4.69, 9.17) is 0 Å². The van der Waals surface area contributed by atoms with Gasteiger partial charge in [0.1, 0.15) is 0 Å². The summed E-state index contributed by atoms with van der Waals surface area (Å²) in [5, 5.41) is 5.78. The summed E-state index contributed by atoms with van der Waals surface area (Å²) in [4.78, 5) is 16.5. The first kappa shape index (κ1) is 18.6. The molecule has 25 heavy (non-hydrogen) atoms. The van der Waals surface area contributed by atoms with Crippen LogP contribution in [-0.2, 0) is 0 Å². The van der Waals surface area contributed by atoms with Crippen molar-refractivity contribution in [3.8, 4) is 0 Å². The van der Waals surface area contributed by atoms with Gasteiger partial charge >= 0.3 is 6.03 Å². The summed E-state index contributed by atoms with van der Waals surface area (Å²) in [6.07, 6.45) is 0. The number of urea groups is 1. The fraction of sp³-hybridized carbons (Fsp3) is 0.350. The molecule has 2 N–H and O–H groups in total. The number of nitrogens with zero attached hydrogens (tertiary/aromatic N) is 2. The van der Waals surface area contributed by atoms with E-state index in [0.717, 1.165) is 35.7 Å². The fourth-order valence-electron chi connectivity index (χ4n) is 2.70. The predicted octanol–water partition coefficient (Wildman–Crippen LogP) is 4.55. The number of amides is 2. The smallest absolute Gasteiger partial charge is 0.323 e. The molecule has 0 saturated heterocycles. The van der Waals surface area contributed by atoms with E-state index in [-0.39, 0.29) is 6.03 Å². The quantitative estimate of drug-likeness (QED) is 0.811. The highest BCUT2D eigenvalue weighted by Gasteiger charge is 2.08. The molecule has 2 aromatic rings. The monoisotopic (exact) mass is 340 g/mol. The van der Waals surface area contributed by atoms with Gasteiger partial charge in [0.05, 0.1) is 0 Å². The predicted molar refractivity (Wildman–Crippen MR) is 108 cm³/mol. The highest BCUT2D eigenvalue weighted by Crippen LogP contribution is 2.23. The van der Waals surface area contributed by atoms with Crippen LogP contribution in [0.1, 0.15) is 19.4 Å². The van der Waals surface area contributed by atoms with Crippen molar-refractivity contribution in [1.29, 1.82) is 0 Å². The van der Waals surface area contributed by atoms with Crippen LogP contribution in [0.5, 0.6) is 0 Å². The lowest BCUT2D eigenvalue weighted by Gasteiger charge is -2.22. The first-order valence-electron chi connectivity index (χ1n) is 8.65. The van der Waals surface area contributed by atoms with E-state index >= 15 is 0 Å². The van der Waals surface area contributed by atoms with Gasteiger partial charge in [-0.3, -0.25) is 0 Å². The maximum absolute atomic E-state index is 12.2. The van der Waals surface area contributed by atoms with Crippen LogP contribution in [0.4, 0.5) is 27.5 Å². The zero-order chi connectivity index (χ0) is 18.4. The molecule has 0 saturated carbocycles. The lowest BCUT2D eigenvalue weighted by molar-refractivity contribution is 0.262. The van der Waals surface area contributed by atoms with Crippen molar-refractivity contribution in [1.82, 2.24) is 0 Å². The summed E-state index contributed by atoms with van der Waals surface area (Å²) < 4.78 is 0. The van der Waals surface area contributed by atoms with Gasteiger partial charge in [-0.25, -0.2) is 4.79 Å². The van der Waals surface area contributed by atoms with E-state index < -0.39 is 0 Å². The molecule has 0 bridgehead atoms. The highest BCUT2D eigenvalue weighted by molar-refractivity contribution is 6.00. The van der Waals surface area contributed by atoms with Crippen LogP contribution in [-0.4, -0.2) is 33.2 Å². The van der Waals surface area contributed by atoms with Gasteiger partial charge in [-0.05, 0) is 68.8 Å². The average molecular weight is 340 g/mol. The first-order chi connectivity index (χ1) is 11.9. The third kappa shape index (κ3) is 4.89. The molecule has 2 aromatic carbocycles. The number of aryl methyl sites for hydroxylation is 1. The summed E-state index contributed by atoms with van der Waals surface area (Å²) >= 11 is 0. The van der Waals surface area contributed by atoms with Gasteiger partial charge in [-0.1, -0.05) is 0 Å². The van der Waals surface area contributed by atoms with E-state index in [1.165, 1.54) is 5.69 Å². The second-order valence-corrected chi connectivity index (χ2v) is 6.19. The third-order valence-electron chi connectivity index (χ3n) is 4.23. The summed E-state index contributed by atoms with van der Waals surface area (Å²) in [6, 6.07) is 13.6. The Labute approximate surface area is 150 Å². The van der Waals surface area contributed by atoms with Crippen LogP contribution in [0.25, 0.3) is 0 Å². The normalized spacial score (nSPS) is 10.3. The molecule has 0 aliphatic heterocycles. The van der Waals surface area contributed by atoms with Crippen molar-refractivity contribution in [3.63, 3.8) is 0 Å². The van der Waals surface area contributed by atoms with Crippen molar-refractivity contribution < 1.29 is 4.79 Å². The van der Waals surface area contributed by atoms with Gasteiger partial charge in [-0.15, -0.1) is 0 Å². The van der Waals surface area contributed by atoms with Crippen LogP contribution in [0.15, 0.2) is 42.5 Å². The number of carbonyl (C=O) groups is 1. The fourth-order valence-corrected chi connectivity index (χ4v) is 2.70. The number of anilines is 4. The lowest BCUT2D eigenvalue weighted by atomic mass is 10.1. The minimum atomic E-state index is -0.240. The number of hydrogen-bond acceptors (Lipinski definition) is 3. The Morgan fingerprint density at radius 1 is 0.920 bits per heavy atom. The van der Waals surface area contributed by atoms with Gasteiger partial charge in [0, 0.05) is 49.9 Å². The van der Waals surface area contributed by atoms with E-state index in [2.05, 4.69) is 35.4 Å². The van der Waals surface area contributed by atoms with E-state index in [0.29, 0.717) is 0 Å². The molecular weight excluding hydrogens is 312 g/mol. The Hall–Kier alpha value is -2.69. The van der Waals surface area contributed by atoms with Crippen LogP contribution < -0.4 is 20.4 Å². The molecule has 0 radical (unpaired) electrons. The van der Waals surface area contributed by atoms with E-state index in [1.54, 1.807) is 0 Å². The molecule has 0 aliphatic rings. The molecule has 5 heteroatoms. The molecule has 2 rings (SSSR count). The summed E-state index contributed by atoms with van der Waals surface area (Å²) in [5.74, 6) is 0. The SMILES string of the molecule is CCN(CC)c1ccc(NC(=O)Nc2ccc(N(C)C)cc2)c(C)c1. The number of nitrogens with one attached hydrogen (secondary N) is 2. The average Bonchev–Trinajstić information content (AvgIpc) is 2.58. The molecule has 0 fully saturated rings. The van der Waals surface area contributed by atoms with Crippen LogP contribution in [0.3, 0.4) is 0 Å². The Kier molecular flexibility index (Phi) is 6.28. The maximum Gasteiger partial charge on any atom is 0.323 e. The molecule has 0 atom stereocenters. The number of rotatable bonds is 6. The molecule has 0 spiro atoms. The maximum atomic E-state index is 12.2. The number of carbonyl (C=O) groups excluding carboxylic acids is 1. The van der Waals surface area contributed by atoms with Crippen molar-refractivity contribution in [2.24, 2.45) is 0 Å². The van der Waals surface area contributed by atoms with Crippen molar-refractivity contribution >= 4 is 28.8 Å². The van der Waals surface area contributed by atoms with Gasteiger partial charge < -0.3 is 20.4 Å². The van der Waals surface area contributed by atoms with Gasteiger partial charge in [0.15, 0.2) is 0 Å². The van der Waals surface area contributed by atoms with Crippen LogP contribution in [0, 0.1) is 6.92 Å².